The standard InChI is InChI=1S/C16H21F3N2O4/c1-16(2,3)25-15(23)21-12(9-24-14(18)19)13(22)20-8-10-5-4-6-11(17)7-10/h4-7,12,14H,8-9H2,1-3H3,(H,20,22)(H,21,23)/t12-/m1/s1. The van der Waals surface area contributed by atoms with Gasteiger partial charge in [-0.1, -0.05) is 12.1 Å². The fraction of sp³-hybridized carbons (Fsp3) is 0.500. The van der Waals surface area contributed by atoms with E-state index in [4.69, 9.17) is 4.74 Å². The second-order valence-corrected chi connectivity index (χ2v) is 6.14. The number of halogens is 3. The van der Waals surface area contributed by atoms with Crippen molar-refractivity contribution in [2.75, 3.05) is 6.61 Å². The van der Waals surface area contributed by atoms with Gasteiger partial charge < -0.3 is 20.1 Å². The molecule has 0 radical (unpaired) electrons. The van der Waals surface area contributed by atoms with E-state index in [0.29, 0.717) is 5.56 Å². The number of benzene rings is 1. The first-order valence-electron chi connectivity index (χ1n) is 7.48. The number of hydrogen-bond acceptors (Lipinski definition) is 4. The number of nitrogens with one attached hydrogen (secondary N) is 2. The van der Waals surface area contributed by atoms with Crippen LogP contribution in [-0.4, -0.2) is 36.9 Å². The molecule has 0 aromatic heterocycles. The van der Waals surface area contributed by atoms with Crippen molar-refractivity contribution >= 4 is 12.0 Å². The molecule has 0 heterocycles. The first-order chi connectivity index (χ1) is 11.6. The minimum atomic E-state index is -3.10. The molecular formula is C16H21F3N2O4. The highest BCUT2D eigenvalue weighted by Gasteiger charge is 2.25. The normalized spacial score (nSPS) is 12.6. The Hall–Kier alpha value is -2.29. The topological polar surface area (TPSA) is 76.7 Å². The van der Waals surface area contributed by atoms with E-state index < -0.39 is 42.7 Å². The maximum absolute atomic E-state index is 13.1. The summed E-state index contributed by atoms with van der Waals surface area (Å²) >= 11 is 0. The number of carbonyl (C=O) groups excluding carboxylic acids is 2. The van der Waals surface area contributed by atoms with Gasteiger partial charge in [-0.3, -0.25) is 4.79 Å². The number of alkyl halides is 2. The molecule has 0 aliphatic rings. The van der Waals surface area contributed by atoms with Gasteiger partial charge in [-0.05, 0) is 38.5 Å². The minimum Gasteiger partial charge on any atom is -0.444 e. The molecule has 1 rings (SSSR count). The first kappa shape index (κ1) is 20.8. The molecule has 0 saturated carbocycles. The van der Waals surface area contributed by atoms with Gasteiger partial charge in [0.2, 0.25) is 5.91 Å². The van der Waals surface area contributed by atoms with Crippen LogP contribution in [0.1, 0.15) is 26.3 Å². The summed E-state index contributed by atoms with van der Waals surface area (Å²) < 4.78 is 46.6. The number of amides is 2. The number of ether oxygens (including phenoxy) is 2. The van der Waals surface area contributed by atoms with E-state index in [1.807, 2.05) is 0 Å². The van der Waals surface area contributed by atoms with Gasteiger partial charge in [0.1, 0.15) is 17.5 Å². The van der Waals surface area contributed by atoms with Crippen molar-refractivity contribution in [3.8, 4) is 0 Å². The van der Waals surface area contributed by atoms with Gasteiger partial charge in [0.05, 0.1) is 6.61 Å². The first-order valence-corrected chi connectivity index (χ1v) is 7.48. The Balaban J connectivity index is 2.66. The van der Waals surface area contributed by atoms with Crippen LogP contribution < -0.4 is 10.6 Å². The molecule has 0 spiro atoms. The zero-order chi connectivity index (χ0) is 19.0. The van der Waals surface area contributed by atoms with Crippen LogP contribution in [0.4, 0.5) is 18.0 Å². The van der Waals surface area contributed by atoms with Gasteiger partial charge in [0, 0.05) is 6.54 Å². The summed E-state index contributed by atoms with van der Waals surface area (Å²) in [5.41, 5.74) is -0.352. The molecule has 2 amide bonds. The van der Waals surface area contributed by atoms with Gasteiger partial charge in [-0.2, -0.15) is 8.78 Å². The Labute approximate surface area is 143 Å². The van der Waals surface area contributed by atoms with Crippen LogP contribution in [0.2, 0.25) is 0 Å². The van der Waals surface area contributed by atoms with Crippen LogP contribution in [0, 0.1) is 5.82 Å². The minimum absolute atomic E-state index is 0.0439. The molecule has 1 aromatic carbocycles. The van der Waals surface area contributed by atoms with Crippen molar-refractivity contribution in [1.29, 1.82) is 0 Å². The van der Waals surface area contributed by atoms with Gasteiger partial charge in [-0.25, -0.2) is 9.18 Å². The van der Waals surface area contributed by atoms with Crippen molar-refractivity contribution in [2.45, 2.75) is 45.6 Å². The van der Waals surface area contributed by atoms with Crippen molar-refractivity contribution < 1.29 is 32.2 Å². The Morgan fingerprint density at radius 3 is 2.48 bits per heavy atom. The van der Waals surface area contributed by atoms with Crippen LogP contribution in [0.25, 0.3) is 0 Å². The Kier molecular flexibility index (Phi) is 7.69. The molecule has 1 atom stereocenters. The molecule has 6 nitrogen and oxygen atoms in total. The third-order valence-electron chi connectivity index (χ3n) is 2.75. The second kappa shape index (κ2) is 9.26. The zero-order valence-corrected chi connectivity index (χ0v) is 14.1. The Bertz CT molecular complexity index is 591. The average molecular weight is 362 g/mol. The number of hydrogen-bond donors (Lipinski definition) is 2. The highest BCUT2D eigenvalue weighted by molar-refractivity contribution is 5.85. The lowest BCUT2D eigenvalue weighted by Crippen LogP contribution is -2.50. The quantitative estimate of drug-likeness (QED) is 0.782. The molecule has 0 fully saturated rings. The lowest BCUT2D eigenvalue weighted by Gasteiger charge is -2.23. The van der Waals surface area contributed by atoms with Gasteiger partial charge in [-0.15, -0.1) is 0 Å². The zero-order valence-electron chi connectivity index (χ0n) is 14.1. The van der Waals surface area contributed by atoms with Crippen LogP contribution in [-0.2, 0) is 20.8 Å². The fourth-order valence-electron chi connectivity index (χ4n) is 1.76. The number of rotatable bonds is 7. The second-order valence-electron chi connectivity index (χ2n) is 6.14. The SMILES string of the molecule is CC(C)(C)OC(=O)N[C@H](COC(F)F)C(=O)NCc1cccc(F)c1. The summed E-state index contributed by atoms with van der Waals surface area (Å²) in [5.74, 6) is -1.24. The fourth-order valence-corrected chi connectivity index (χ4v) is 1.76. The van der Waals surface area contributed by atoms with E-state index in [-0.39, 0.29) is 6.54 Å². The molecule has 25 heavy (non-hydrogen) atoms. The van der Waals surface area contributed by atoms with Crippen LogP contribution in [0.3, 0.4) is 0 Å². The Morgan fingerprint density at radius 2 is 1.92 bits per heavy atom. The van der Waals surface area contributed by atoms with Gasteiger partial charge >= 0.3 is 12.7 Å². The molecule has 1 aromatic rings. The predicted molar refractivity (Wildman–Crippen MR) is 83.4 cm³/mol. The largest absolute Gasteiger partial charge is 0.444 e. The van der Waals surface area contributed by atoms with Crippen LogP contribution in [0.15, 0.2) is 24.3 Å². The summed E-state index contributed by atoms with van der Waals surface area (Å²) in [5, 5.41) is 4.59. The third kappa shape index (κ3) is 8.94. The Morgan fingerprint density at radius 1 is 1.24 bits per heavy atom. The molecule has 0 aliphatic heterocycles. The predicted octanol–water partition coefficient (Wildman–Crippen LogP) is 2.57. The monoisotopic (exact) mass is 362 g/mol. The lowest BCUT2D eigenvalue weighted by atomic mass is 10.2. The molecule has 9 heteroatoms. The number of alkyl carbamates (subject to hydrolysis) is 1. The molecule has 2 N–H and O–H groups in total. The van der Waals surface area contributed by atoms with Crippen molar-refractivity contribution in [3.63, 3.8) is 0 Å². The van der Waals surface area contributed by atoms with Crippen molar-refractivity contribution in [3.05, 3.63) is 35.6 Å². The average Bonchev–Trinajstić information content (AvgIpc) is 2.47. The van der Waals surface area contributed by atoms with E-state index in [2.05, 4.69) is 15.4 Å². The van der Waals surface area contributed by atoms with E-state index in [9.17, 15) is 22.8 Å². The molecule has 140 valence electrons. The summed E-state index contributed by atoms with van der Waals surface area (Å²) in [7, 11) is 0. The third-order valence-corrected chi connectivity index (χ3v) is 2.75. The maximum Gasteiger partial charge on any atom is 0.408 e. The lowest BCUT2D eigenvalue weighted by molar-refractivity contribution is -0.143. The summed E-state index contributed by atoms with van der Waals surface area (Å²) in [4.78, 5) is 23.8. The highest BCUT2D eigenvalue weighted by Crippen LogP contribution is 2.08. The van der Waals surface area contributed by atoms with Crippen LogP contribution >= 0.6 is 0 Å². The van der Waals surface area contributed by atoms with E-state index in [1.54, 1.807) is 26.8 Å². The van der Waals surface area contributed by atoms with Gasteiger partial charge in [0.15, 0.2) is 0 Å². The summed E-state index contributed by atoms with van der Waals surface area (Å²) in [6.45, 7) is 0.951. The summed E-state index contributed by atoms with van der Waals surface area (Å²) in [6, 6.07) is 4.11. The van der Waals surface area contributed by atoms with E-state index in [0.717, 1.165) is 0 Å². The highest BCUT2D eigenvalue weighted by atomic mass is 19.3. The smallest absolute Gasteiger partial charge is 0.408 e. The van der Waals surface area contributed by atoms with E-state index in [1.165, 1.54) is 18.2 Å². The number of carbonyl (C=O) groups is 2. The van der Waals surface area contributed by atoms with Gasteiger partial charge in [0.25, 0.3) is 0 Å². The van der Waals surface area contributed by atoms with E-state index >= 15 is 0 Å². The van der Waals surface area contributed by atoms with Crippen molar-refractivity contribution in [2.24, 2.45) is 0 Å². The molecule has 0 bridgehead atoms. The molecule has 0 aliphatic carbocycles. The van der Waals surface area contributed by atoms with Crippen molar-refractivity contribution in [1.82, 2.24) is 10.6 Å². The molecule has 0 unspecified atom stereocenters. The molecular weight excluding hydrogens is 341 g/mol. The van der Waals surface area contributed by atoms with Crippen LogP contribution in [0.5, 0.6) is 0 Å². The summed E-state index contributed by atoms with van der Waals surface area (Å²) in [6.07, 6.45) is -0.948. The maximum atomic E-state index is 13.1. The molecule has 0 saturated heterocycles.